The van der Waals surface area contributed by atoms with Crippen molar-refractivity contribution in [2.45, 2.75) is 45.8 Å². The SMILES string of the molecule is Cc1cc(C(=O)NC2CCN(Cc3ccccc3)CC2)c(C)n1Cc1ccccc1. The number of amides is 1. The molecule has 4 heteroatoms. The Hall–Kier alpha value is -2.85. The van der Waals surface area contributed by atoms with E-state index in [0.717, 1.165) is 56.0 Å². The van der Waals surface area contributed by atoms with Crippen LogP contribution in [0.2, 0.25) is 0 Å². The Bertz CT molecular complexity index is 970. The maximum Gasteiger partial charge on any atom is 0.253 e. The second-order valence-corrected chi connectivity index (χ2v) is 8.37. The van der Waals surface area contributed by atoms with Crippen molar-refractivity contribution in [3.63, 3.8) is 0 Å². The molecule has 1 N–H and O–H groups in total. The van der Waals surface area contributed by atoms with Crippen molar-refractivity contribution in [2.24, 2.45) is 0 Å². The van der Waals surface area contributed by atoms with E-state index >= 15 is 0 Å². The Kier molecular flexibility index (Phi) is 6.34. The van der Waals surface area contributed by atoms with Gasteiger partial charge < -0.3 is 9.88 Å². The van der Waals surface area contributed by atoms with Crippen LogP contribution in [0.4, 0.5) is 0 Å². The van der Waals surface area contributed by atoms with Crippen LogP contribution >= 0.6 is 0 Å². The molecule has 0 spiro atoms. The molecule has 4 nitrogen and oxygen atoms in total. The van der Waals surface area contributed by atoms with Crippen LogP contribution in [0, 0.1) is 13.8 Å². The van der Waals surface area contributed by atoms with Gasteiger partial charge in [-0.25, -0.2) is 0 Å². The summed E-state index contributed by atoms with van der Waals surface area (Å²) in [5.41, 5.74) is 5.56. The van der Waals surface area contributed by atoms with Gasteiger partial charge in [0.05, 0.1) is 5.56 Å². The zero-order chi connectivity index (χ0) is 20.9. The van der Waals surface area contributed by atoms with Crippen molar-refractivity contribution < 1.29 is 4.79 Å². The first-order valence-electron chi connectivity index (χ1n) is 10.9. The number of nitrogens with zero attached hydrogens (tertiary/aromatic N) is 2. The molecule has 0 aliphatic carbocycles. The van der Waals surface area contributed by atoms with Crippen LogP contribution in [0.5, 0.6) is 0 Å². The highest BCUT2D eigenvalue weighted by Gasteiger charge is 2.23. The van der Waals surface area contributed by atoms with E-state index in [-0.39, 0.29) is 11.9 Å². The molecule has 30 heavy (non-hydrogen) atoms. The predicted molar refractivity (Wildman–Crippen MR) is 122 cm³/mol. The number of hydrogen-bond donors (Lipinski definition) is 1. The van der Waals surface area contributed by atoms with E-state index < -0.39 is 0 Å². The average molecular weight is 402 g/mol. The highest BCUT2D eigenvalue weighted by atomic mass is 16.1. The standard InChI is InChI=1S/C26H31N3O/c1-20-17-25(21(2)29(20)19-23-11-7-4-8-12-23)26(30)27-24-13-15-28(16-14-24)18-22-9-5-3-6-10-22/h3-12,17,24H,13-16,18-19H2,1-2H3,(H,27,30). The molecule has 156 valence electrons. The Labute approximate surface area is 179 Å². The molecular formula is C26H31N3O. The molecule has 1 aliphatic rings. The molecule has 1 fully saturated rings. The molecule has 4 rings (SSSR count). The quantitative estimate of drug-likeness (QED) is 0.658. The van der Waals surface area contributed by atoms with E-state index in [1.807, 2.05) is 19.1 Å². The van der Waals surface area contributed by atoms with E-state index in [1.54, 1.807) is 0 Å². The Morgan fingerprint density at radius 3 is 2.07 bits per heavy atom. The minimum absolute atomic E-state index is 0.0592. The minimum Gasteiger partial charge on any atom is -0.349 e. The number of nitrogens with one attached hydrogen (secondary N) is 1. The summed E-state index contributed by atoms with van der Waals surface area (Å²) in [6, 6.07) is 23.3. The molecular weight excluding hydrogens is 370 g/mol. The molecule has 0 radical (unpaired) electrons. The van der Waals surface area contributed by atoms with E-state index in [0.29, 0.717) is 0 Å². The number of aryl methyl sites for hydroxylation is 1. The molecule has 1 aliphatic heterocycles. The predicted octanol–water partition coefficient (Wildman–Crippen LogP) is 4.55. The molecule has 1 aromatic heterocycles. The van der Waals surface area contributed by atoms with Crippen molar-refractivity contribution in [3.05, 3.63) is 94.8 Å². The number of carbonyl (C=O) groups is 1. The van der Waals surface area contributed by atoms with Crippen LogP contribution in [-0.4, -0.2) is 34.5 Å². The first-order chi connectivity index (χ1) is 14.6. The number of hydrogen-bond acceptors (Lipinski definition) is 2. The van der Waals surface area contributed by atoms with Gasteiger partial charge in [-0.2, -0.15) is 0 Å². The van der Waals surface area contributed by atoms with E-state index in [1.165, 1.54) is 11.1 Å². The lowest BCUT2D eigenvalue weighted by Crippen LogP contribution is -2.44. The average Bonchev–Trinajstić information content (AvgIpc) is 3.05. The summed E-state index contributed by atoms with van der Waals surface area (Å²) >= 11 is 0. The summed E-state index contributed by atoms with van der Waals surface area (Å²) in [6.07, 6.45) is 2.00. The number of likely N-dealkylation sites (tertiary alicyclic amines) is 1. The van der Waals surface area contributed by atoms with Crippen molar-refractivity contribution >= 4 is 5.91 Å². The number of carbonyl (C=O) groups excluding carboxylic acids is 1. The van der Waals surface area contributed by atoms with E-state index in [4.69, 9.17) is 0 Å². The fourth-order valence-corrected chi connectivity index (χ4v) is 4.38. The van der Waals surface area contributed by atoms with Crippen LogP contribution in [0.15, 0.2) is 66.7 Å². The van der Waals surface area contributed by atoms with Gasteiger partial charge in [0.15, 0.2) is 0 Å². The summed E-state index contributed by atoms with van der Waals surface area (Å²) < 4.78 is 2.23. The van der Waals surface area contributed by atoms with Gasteiger partial charge in [0.1, 0.15) is 0 Å². The van der Waals surface area contributed by atoms with Gasteiger partial charge in [-0.05, 0) is 43.9 Å². The molecule has 2 aromatic carbocycles. The van der Waals surface area contributed by atoms with Crippen molar-refractivity contribution in [3.8, 4) is 0 Å². The van der Waals surface area contributed by atoms with Crippen LogP contribution in [0.1, 0.15) is 45.7 Å². The third-order valence-corrected chi connectivity index (χ3v) is 6.17. The second-order valence-electron chi connectivity index (χ2n) is 8.37. The third kappa shape index (κ3) is 4.82. The van der Waals surface area contributed by atoms with Gasteiger partial charge in [0, 0.05) is 43.6 Å². The Morgan fingerprint density at radius 1 is 0.900 bits per heavy atom. The zero-order valence-electron chi connectivity index (χ0n) is 18.0. The molecule has 1 saturated heterocycles. The number of aromatic nitrogens is 1. The highest BCUT2D eigenvalue weighted by Crippen LogP contribution is 2.19. The van der Waals surface area contributed by atoms with Crippen LogP contribution in [0.3, 0.4) is 0 Å². The minimum atomic E-state index is 0.0592. The molecule has 0 atom stereocenters. The Morgan fingerprint density at radius 2 is 1.47 bits per heavy atom. The van der Waals surface area contributed by atoms with Gasteiger partial charge >= 0.3 is 0 Å². The van der Waals surface area contributed by atoms with Gasteiger partial charge in [-0.3, -0.25) is 9.69 Å². The smallest absolute Gasteiger partial charge is 0.253 e. The molecule has 3 aromatic rings. The fraction of sp³-hybridized carbons (Fsp3) is 0.346. The molecule has 2 heterocycles. The van der Waals surface area contributed by atoms with Crippen LogP contribution in [0.25, 0.3) is 0 Å². The summed E-state index contributed by atoms with van der Waals surface area (Å²) in [5.74, 6) is 0.0592. The van der Waals surface area contributed by atoms with Gasteiger partial charge in [0.2, 0.25) is 0 Å². The maximum atomic E-state index is 13.0. The molecule has 1 amide bonds. The van der Waals surface area contributed by atoms with Crippen LogP contribution < -0.4 is 5.32 Å². The first kappa shape index (κ1) is 20.4. The largest absolute Gasteiger partial charge is 0.349 e. The maximum absolute atomic E-state index is 13.0. The topological polar surface area (TPSA) is 37.3 Å². The van der Waals surface area contributed by atoms with Crippen LogP contribution in [-0.2, 0) is 13.1 Å². The Balaban J connectivity index is 1.34. The normalized spacial score (nSPS) is 15.3. The first-order valence-corrected chi connectivity index (χ1v) is 10.9. The number of piperidine rings is 1. The van der Waals surface area contributed by atoms with Crippen molar-refractivity contribution in [1.29, 1.82) is 0 Å². The fourth-order valence-electron chi connectivity index (χ4n) is 4.38. The monoisotopic (exact) mass is 401 g/mol. The molecule has 0 bridgehead atoms. The van der Waals surface area contributed by atoms with Crippen molar-refractivity contribution in [1.82, 2.24) is 14.8 Å². The van der Waals surface area contributed by atoms with E-state index in [9.17, 15) is 4.79 Å². The lowest BCUT2D eigenvalue weighted by atomic mass is 10.0. The lowest BCUT2D eigenvalue weighted by Gasteiger charge is -2.32. The molecule has 0 unspecified atom stereocenters. The molecule has 0 saturated carbocycles. The number of rotatable bonds is 6. The second kappa shape index (κ2) is 9.31. The summed E-state index contributed by atoms with van der Waals surface area (Å²) in [7, 11) is 0. The zero-order valence-corrected chi connectivity index (χ0v) is 18.0. The highest BCUT2D eigenvalue weighted by molar-refractivity contribution is 5.95. The summed E-state index contributed by atoms with van der Waals surface area (Å²) in [4.78, 5) is 15.5. The van der Waals surface area contributed by atoms with Gasteiger partial charge in [-0.1, -0.05) is 60.7 Å². The summed E-state index contributed by atoms with van der Waals surface area (Å²) in [5, 5.41) is 3.29. The van der Waals surface area contributed by atoms with Crippen molar-refractivity contribution in [2.75, 3.05) is 13.1 Å². The van der Waals surface area contributed by atoms with Gasteiger partial charge in [-0.15, -0.1) is 0 Å². The van der Waals surface area contributed by atoms with E-state index in [2.05, 4.69) is 76.3 Å². The van der Waals surface area contributed by atoms with Gasteiger partial charge in [0.25, 0.3) is 5.91 Å². The lowest BCUT2D eigenvalue weighted by molar-refractivity contribution is 0.0908. The summed E-state index contributed by atoms with van der Waals surface area (Å²) in [6.45, 7) is 7.95. The number of benzene rings is 2. The third-order valence-electron chi connectivity index (χ3n) is 6.17.